The number of para-hydroxylation sites is 2. The normalized spacial score (nSPS) is 11.4. The summed E-state index contributed by atoms with van der Waals surface area (Å²) in [7, 11) is 0. The first-order chi connectivity index (χ1) is 31.8. The fourth-order valence-corrected chi connectivity index (χ4v) is 9.83. The van der Waals surface area contributed by atoms with Gasteiger partial charge in [-0.15, -0.1) is 0 Å². The van der Waals surface area contributed by atoms with Crippen molar-refractivity contribution in [2.24, 2.45) is 0 Å². The molecule has 0 radical (unpaired) electrons. The second-order valence-electron chi connectivity index (χ2n) is 16.5. The van der Waals surface area contributed by atoms with Gasteiger partial charge in [-0.3, -0.25) is 0 Å². The number of rotatable bonds is 8. The molecular formula is C62H42N2. The van der Waals surface area contributed by atoms with Crippen LogP contribution in [0.15, 0.2) is 255 Å². The van der Waals surface area contributed by atoms with E-state index in [2.05, 4.69) is 264 Å². The molecule has 0 bridgehead atoms. The number of benzene rings is 11. The highest BCUT2D eigenvalue weighted by Gasteiger charge is 2.22. The molecule has 0 saturated heterocycles. The van der Waals surface area contributed by atoms with Gasteiger partial charge in [-0.1, -0.05) is 194 Å². The summed E-state index contributed by atoms with van der Waals surface area (Å²) in [5.41, 5.74) is 16.3. The summed E-state index contributed by atoms with van der Waals surface area (Å²) in [6.07, 6.45) is 0. The molecule has 0 fully saturated rings. The van der Waals surface area contributed by atoms with Gasteiger partial charge in [-0.25, -0.2) is 0 Å². The van der Waals surface area contributed by atoms with Crippen LogP contribution in [0.4, 0.5) is 17.1 Å². The monoisotopic (exact) mass is 814 g/mol. The van der Waals surface area contributed by atoms with E-state index >= 15 is 0 Å². The van der Waals surface area contributed by atoms with Gasteiger partial charge in [0.25, 0.3) is 0 Å². The zero-order chi connectivity index (χ0) is 42.4. The van der Waals surface area contributed by atoms with Gasteiger partial charge in [-0.2, -0.15) is 0 Å². The molecule has 2 nitrogen and oxygen atoms in total. The van der Waals surface area contributed by atoms with E-state index in [1.807, 2.05) is 0 Å². The Morgan fingerprint density at radius 3 is 1.55 bits per heavy atom. The molecule has 0 aliphatic heterocycles. The lowest BCUT2D eigenvalue weighted by Gasteiger charge is -2.28. The highest BCUT2D eigenvalue weighted by molar-refractivity contribution is 6.21. The molecule has 0 spiro atoms. The summed E-state index contributed by atoms with van der Waals surface area (Å²) in [4.78, 5) is 2.42. The van der Waals surface area contributed by atoms with Crippen molar-refractivity contribution in [2.75, 3.05) is 4.90 Å². The molecule has 0 amide bonds. The van der Waals surface area contributed by atoms with Crippen LogP contribution in [-0.2, 0) is 0 Å². The van der Waals surface area contributed by atoms with E-state index in [1.54, 1.807) is 0 Å². The first-order valence-electron chi connectivity index (χ1n) is 22.0. The van der Waals surface area contributed by atoms with E-state index in [0.29, 0.717) is 0 Å². The Balaban J connectivity index is 1.04. The number of anilines is 3. The highest BCUT2D eigenvalue weighted by atomic mass is 15.1. The number of aromatic nitrogens is 1. The summed E-state index contributed by atoms with van der Waals surface area (Å²) in [5, 5.41) is 7.55. The van der Waals surface area contributed by atoms with Gasteiger partial charge in [-0.05, 0) is 121 Å². The molecule has 11 aromatic carbocycles. The predicted octanol–water partition coefficient (Wildman–Crippen LogP) is 17.2. The van der Waals surface area contributed by atoms with Crippen molar-refractivity contribution >= 4 is 60.4 Å². The molecule has 300 valence electrons. The SMILES string of the molecule is c1ccc(-c2ccccc2N(c2ccc(-c3ccc4c(ccc5ccccc54)c3)cc2)c2cccc(-c3cccc4c3c3c(-c5ccccc5)cccc3n4-c3ccccc3)c2)cc1. The average molecular weight is 815 g/mol. The number of hydrogen-bond acceptors (Lipinski definition) is 1. The number of fused-ring (bicyclic) bond motifs is 6. The lowest BCUT2D eigenvalue weighted by molar-refractivity contribution is 1.18. The lowest BCUT2D eigenvalue weighted by Crippen LogP contribution is -2.11. The van der Waals surface area contributed by atoms with Crippen LogP contribution in [0.5, 0.6) is 0 Å². The molecule has 0 unspecified atom stereocenters. The van der Waals surface area contributed by atoms with Gasteiger partial charge in [0, 0.05) is 33.4 Å². The number of nitrogens with zero attached hydrogens (tertiary/aromatic N) is 2. The van der Waals surface area contributed by atoms with Crippen molar-refractivity contribution in [3.8, 4) is 50.2 Å². The first-order valence-corrected chi connectivity index (χ1v) is 22.0. The molecule has 1 aromatic heterocycles. The lowest BCUT2D eigenvalue weighted by atomic mass is 9.94. The molecule has 1 heterocycles. The summed E-state index contributed by atoms with van der Waals surface area (Å²) in [6.45, 7) is 0. The van der Waals surface area contributed by atoms with Gasteiger partial charge < -0.3 is 9.47 Å². The Labute approximate surface area is 373 Å². The fourth-order valence-electron chi connectivity index (χ4n) is 9.83. The fraction of sp³-hybridized carbons (Fsp3) is 0. The molecule has 2 heteroatoms. The minimum atomic E-state index is 1.08. The molecule has 12 aromatic rings. The maximum absolute atomic E-state index is 2.42. The molecule has 0 aliphatic carbocycles. The van der Waals surface area contributed by atoms with Crippen LogP contribution in [0.25, 0.3) is 93.5 Å². The van der Waals surface area contributed by atoms with Crippen molar-refractivity contribution in [1.82, 2.24) is 4.57 Å². The quantitative estimate of drug-likeness (QED) is 0.139. The number of hydrogen-bond donors (Lipinski definition) is 0. The van der Waals surface area contributed by atoms with Gasteiger partial charge >= 0.3 is 0 Å². The maximum atomic E-state index is 2.42. The van der Waals surface area contributed by atoms with Gasteiger partial charge in [0.2, 0.25) is 0 Å². The van der Waals surface area contributed by atoms with Gasteiger partial charge in [0.05, 0.1) is 16.7 Å². The third kappa shape index (κ3) is 6.44. The minimum absolute atomic E-state index is 1.08. The van der Waals surface area contributed by atoms with E-state index in [1.165, 1.54) is 82.3 Å². The first kappa shape index (κ1) is 37.3. The Kier molecular flexibility index (Phi) is 9.20. The van der Waals surface area contributed by atoms with Gasteiger partial charge in [0.15, 0.2) is 0 Å². The van der Waals surface area contributed by atoms with Crippen molar-refractivity contribution in [1.29, 1.82) is 0 Å². The maximum Gasteiger partial charge on any atom is 0.0547 e. The molecule has 0 aliphatic rings. The van der Waals surface area contributed by atoms with E-state index in [-0.39, 0.29) is 0 Å². The van der Waals surface area contributed by atoms with Crippen molar-refractivity contribution in [2.45, 2.75) is 0 Å². The van der Waals surface area contributed by atoms with E-state index < -0.39 is 0 Å². The smallest absolute Gasteiger partial charge is 0.0547 e. The van der Waals surface area contributed by atoms with Crippen molar-refractivity contribution in [3.05, 3.63) is 255 Å². The summed E-state index contributed by atoms with van der Waals surface area (Å²) in [5.74, 6) is 0. The Morgan fingerprint density at radius 2 is 0.812 bits per heavy atom. The van der Waals surface area contributed by atoms with Crippen LogP contribution in [0.3, 0.4) is 0 Å². The second kappa shape index (κ2) is 15.8. The average Bonchev–Trinajstić information content (AvgIpc) is 3.72. The van der Waals surface area contributed by atoms with Crippen molar-refractivity contribution in [3.63, 3.8) is 0 Å². The third-order valence-corrected chi connectivity index (χ3v) is 12.8. The van der Waals surface area contributed by atoms with Crippen LogP contribution >= 0.6 is 0 Å². The summed E-state index contributed by atoms with van der Waals surface area (Å²) in [6, 6.07) is 92.7. The predicted molar refractivity (Wildman–Crippen MR) is 272 cm³/mol. The summed E-state index contributed by atoms with van der Waals surface area (Å²) >= 11 is 0. The third-order valence-electron chi connectivity index (χ3n) is 12.8. The Hall–Kier alpha value is -8.46. The van der Waals surface area contributed by atoms with Crippen LogP contribution in [0.2, 0.25) is 0 Å². The van der Waals surface area contributed by atoms with E-state index in [4.69, 9.17) is 0 Å². The zero-order valence-corrected chi connectivity index (χ0v) is 35.1. The molecule has 0 atom stereocenters. The Morgan fingerprint density at radius 1 is 0.281 bits per heavy atom. The van der Waals surface area contributed by atoms with E-state index in [9.17, 15) is 0 Å². The topological polar surface area (TPSA) is 8.17 Å². The van der Waals surface area contributed by atoms with Crippen LogP contribution in [0, 0.1) is 0 Å². The van der Waals surface area contributed by atoms with Crippen LogP contribution < -0.4 is 4.90 Å². The molecule has 12 rings (SSSR count). The Bertz CT molecular complexity index is 3640. The zero-order valence-electron chi connectivity index (χ0n) is 35.1. The van der Waals surface area contributed by atoms with Gasteiger partial charge in [0.1, 0.15) is 0 Å². The van der Waals surface area contributed by atoms with Crippen LogP contribution in [0.1, 0.15) is 0 Å². The van der Waals surface area contributed by atoms with E-state index in [0.717, 1.165) is 28.3 Å². The van der Waals surface area contributed by atoms with Crippen molar-refractivity contribution < 1.29 is 0 Å². The molecule has 64 heavy (non-hydrogen) atoms. The molecule has 0 N–H and O–H groups in total. The molecule has 0 saturated carbocycles. The second-order valence-corrected chi connectivity index (χ2v) is 16.5. The van der Waals surface area contributed by atoms with Crippen LogP contribution in [-0.4, -0.2) is 4.57 Å². The largest absolute Gasteiger partial charge is 0.310 e. The standard InChI is InChI=1S/C62H42N2/c1-4-17-44(18-5-1)55-27-12-13-30-58(55)63(51-38-35-43(36-39-51)47-37-40-54-49(41-47)34-33-46-21-10-11-26-53(46)54)52-25-14-22-48(42-52)57-29-16-32-60-62(57)61-56(45-19-6-2-7-20-45)28-15-31-59(61)64(60)50-23-8-3-9-24-50/h1-42H. The highest BCUT2D eigenvalue weighted by Crippen LogP contribution is 2.46. The summed E-state index contributed by atoms with van der Waals surface area (Å²) < 4.78 is 2.42. The molecular weight excluding hydrogens is 773 g/mol. The minimum Gasteiger partial charge on any atom is -0.310 e.